The van der Waals surface area contributed by atoms with Crippen LogP contribution in [-0.4, -0.2) is 18.2 Å². The summed E-state index contributed by atoms with van der Waals surface area (Å²) in [5.74, 6) is 0.312. The number of carbonyl (C=O) groups excluding carboxylic acids is 2. The first-order valence-corrected chi connectivity index (χ1v) is 10.5. The molecule has 0 heterocycles. The first-order chi connectivity index (χ1) is 12.0. The number of nitrogens with one attached hydrogen (secondary N) is 1. The summed E-state index contributed by atoms with van der Waals surface area (Å²) in [6, 6.07) is 0. The van der Waals surface area contributed by atoms with Crippen molar-refractivity contribution in [3.63, 3.8) is 0 Å². The van der Waals surface area contributed by atoms with E-state index < -0.39 is 0 Å². The van der Waals surface area contributed by atoms with E-state index in [-0.39, 0.29) is 17.6 Å². The van der Waals surface area contributed by atoms with Gasteiger partial charge < -0.3 is 5.32 Å². The standard InChI is InChI=1S/C22H41NO2/c1-5-7-9-11-12-14-16-21(15-13-10-8-6-2)22(25)23-18-17-19(3)20(4)24/h21H,3,5-18H2,1-2,4H3,(H,23,25). The molecule has 0 bridgehead atoms. The zero-order chi connectivity index (χ0) is 18.9. The van der Waals surface area contributed by atoms with E-state index in [2.05, 4.69) is 25.7 Å². The molecule has 0 aliphatic rings. The molecule has 0 aromatic heterocycles. The summed E-state index contributed by atoms with van der Waals surface area (Å²) >= 11 is 0. The Morgan fingerprint density at radius 2 is 1.32 bits per heavy atom. The minimum atomic E-state index is 0.0115. The van der Waals surface area contributed by atoms with Crippen LogP contribution in [0.4, 0.5) is 0 Å². The van der Waals surface area contributed by atoms with Crippen molar-refractivity contribution in [1.82, 2.24) is 5.32 Å². The molecule has 0 spiro atoms. The molecule has 25 heavy (non-hydrogen) atoms. The van der Waals surface area contributed by atoms with Gasteiger partial charge in [-0.3, -0.25) is 9.59 Å². The van der Waals surface area contributed by atoms with Gasteiger partial charge in [-0.15, -0.1) is 0 Å². The van der Waals surface area contributed by atoms with Crippen LogP contribution >= 0.6 is 0 Å². The predicted molar refractivity (Wildman–Crippen MR) is 108 cm³/mol. The largest absolute Gasteiger partial charge is 0.356 e. The van der Waals surface area contributed by atoms with E-state index in [9.17, 15) is 9.59 Å². The minimum Gasteiger partial charge on any atom is -0.356 e. The highest BCUT2D eigenvalue weighted by Gasteiger charge is 2.17. The molecule has 0 saturated heterocycles. The fourth-order valence-corrected chi connectivity index (χ4v) is 3.05. The van der Waals surface area contributed by atoms with Crippen LogP contribution in [0, 0.1) is 5.92 Å². The van der Waals surface area contributed by atoms with Crippen LogP contribution < -0.4 is 5.32 Å². The average Bonchev–Trinajstić information content (AvgIpc) is 2.59. The van der Waals surface area contributed by atoms with Crippen LogP contribution in [0.5, 0.6) is 0 Å². The SMILES string of the molecule is C=C(CCNC(=O)C(CCCCCC)CCCCCCCC)C(C)=O. The van der Waals surface area contributed by atoms with Gasteiger partial charge in [0.25, 0.3) is 0 Å². The molecule has 3 heteroatoms. The zero-order valence-electron chi connectivity index (χ0n) is 17.0. The summed E-state index contributed by atoms with van der Waals surface area (Å²) in [6.07, 6.45) is 15.0. The summed E-state index contributed by atoms with van der Waals surface area (Å²) in [4.78, 5) is 23.7. The fourth-order valence-electron chi connectivity index (χ4n) is 3.05. The summed E-state index contributed by atoms with van der Waals surface area (Å²) in [5.41, 5.74) is 0.593. The molecule has 0 aliphatic heterocycles. The Labute approximate surface area is 156 Å². The summed E-state index contributed by atoms with van der Waals surface area (Å²) in [5, 5.41) is 3.02. The average molecular weight is 352 g/mol. The highest BCUT2D eigenvalue weighted by atomic mass is 16.2. The molecule has 0 fully saturated rings. The van der Waals surface area contributed by atoms with Crippen LogP contribution in [0.3, 0.4) is 0 Å². The molecule has 146 valence electrons. The van der Waals surface area contributed by atoms with Crippen molar-refractivity contribution in [2.45, 2.75) is 104 Å². The number of rotatable bonds is 17. The number of ketones is 1. The first kappa shape index (κ1) is 23.9. The van der Waals surface area contributed by atoms with Crippen LogP contribution in [0.25, 0.3) is 0 Å². The highest BCUT2D eigenvalue weighted by Crippen LogP contribution is 2.19. The number of hydrogen-bond donors (Lipinski definition) is 1. The Morgan fingerprint density at radius 3 is 1.84 bits per heavy atom. The second-order valence-corrected chi connectivity index (χ2v) is 7.30. The van der Waals surface area contributed by atoms with Crippen molar-refractivity contribution >= 4 is 11.7 Å². The number of hydrogen-bond acceptors (Lipinski definition) is 2. The highest BCUT2D eigenvalue weighted by molar-refractivity contribution is 5.92. The lowest BCUT2D eigenvalue weighted by Gasteiger charge is -2.17. The van der Waals surface area contributed by atoms with Crippen molar-refractivity contribution in [3.05, 3.63) is 12.2 Å². The maximum Gasteiger partial charge on any atom is 0.223 e. The van der Waals surface area contributed by atoms with Crippen molar-refractivity contribution in [3.8, 4) is 0 Å². The molecule has 0 aliphatic carbocycles. The molecule has 0 rings (SSSR count). The number of unbranched alkanes of at least 4 members (excludes halogenated alkanes) is 8. The molecule has 3 nitrogen and oxygen atoms in total. The molecule has 0 saturated carbocycles. The van der Waals surface area contributed by atoms with Crippen molar-refractivity contribution < 1.29 is 9.59 Å². The lowest BCUT2D eigenvalue weighted by Crippen LogP contribution is -2.32. The van der Waals surface area contributed by atoms with Crippen LogP contribution in [0.15, 0.2) is 12.2 Å². The summed E-state index contributed by atoms with van der Waals surface area (Å²) < 4.78 is 0. The van der Waals surface area contributed by atoms with Gasteiger partial charge in [-0.05, 0) is 31.8 Å². The monoisotopic (exact) mass is 351 g/mol. The molecular formula is C22H41NO2. The fraction of sp³-hybridized carbons (Fsp3) is 0.818. The molecule has 0 radical (unpaired) electrons. The van der Waals surface area contributed by atoms with Gasteiger partial charge in [0.05, 0.1) is 0 Å². The van der Waals surface area contributed by atoms with Crippen LogP contribution in [0.2, 0.25) is 0 Å². The number of Topliss-reactive ketones (excluding diaryl/α,β-unsaturated/α-hetero) is 1. The van der Waals surface area contributed by atoms with E-state index in [1.165, 1.54) is 58.3 Å². The zero-order valence-corrected chi connectivity index (χ0v) is 17.0. The third-order valence-corrected chi connectivity index (χ3v) is 4.91. The summed E-state index contributed by atoms with van der Waals surface area (Å²) in [6.45, 7) is 10.2. The Balaban J connectivity index is 4.18. The van der Waals surface area contributed by atoms with Crippen molar-refractivity contribution in [1.29, 1.82) is 0 Å². The summed E-state index contributed by atoms with van der Waals surface area (Å²) in [7, 11) is 0. The molecule has 1 N–H and O–H groups in total. The number of carbonyl (C=O) groups is 2. The second-order valence-electron chi connectivity index (χ2n) is 7.30. The van der Waals surface area contributed by atoms with Gasteiger partial charge in [-0.25, -0.2) is 0 Å². The van der Waals surface area contributed by atoms with Gasteiger partial charge in [-0.2, -0.15) is 0 Å². The Kier molecular flexibility index (Phi) is 15.6. The van der Waals surface area contributed by atoms with Gasteiger partial charge in [0.2, 0.25) is 5.91 Å². The minimum absolute atomic E-state index is 0.0115. The van der Waals surface area contributed by atoms with E-state index in [1.54, 1.807) is 0 Å². The van der Waals surface area contributed by atoms with Crippen LogP contribution in [-0.2, 0) is 9.59 Å². The van der Waals surface area contributed by atoms with Crippen molar-refractivity contribution in [2.24, 2.45) is 5.92 Å². The van der Waals surface area contributed by atoms with E-state index in [1.807, 2.05) is 0 Å². The Morgan fingerprint density at radius 1 is 0.840 bits per heavy atom. The maximum atomic E-state index is 12.5. The lowest BCUT2D eigenvalue weighted by molar-refractivity contribution is -0.125. The Bertz CT molecular complexity index is 376. The second kappa shape index (κ2) is 16.4. The smallest absolute Gasteiger partial charge is 0.223 e. The van der Waals surface area contributed by atoms with Gasteiger partial charge in [-0.1, -0.05) is 84.6 Å². The first-order valence-electron chi connectivity index (χ1n) is 10.5. The molecule has 1 unspecified atom stereocenters. The third kappa shape index (κ3) is 13.8. The maximum absolute atomic E-state index is 12.5. The van der Waals surface area contributed by atoms with Crippen molar-refractivity contribution in [2.75, 3.05) is 6.54 Å². The van der Waals surface area contributed by atoms with Crippen LogP contribution in [0.1, 0.15) is 104 Å². The van der Waals surface area contributed by atoms with E-state index in [0.29, 0.717) is 18.5 Å². The van der Waals surface area contributed by atoms with E-state index in [4.69, 9.17) is 0 Å². The van der Waals surface area contributed by atoms with Gasteiger partial charge >= 0.3 is 0 Å². The normalized spacial score (nSPS) is 12.0. The lowest BCUT2D eigenvalue weighted by atomic mass is 9.93. The van der Waals surface area contributed by atoms with E-state index >= 15 is 0 Å². The van der Waals surface area contributed by atoms with E-state index in [0.717, 1.165) is 25.7 Å². The quantitative estimate of drug-likeness (QED) is 0.259. The van der Waals surface area contributed by atoms with Gasteiger partial charge in [0.15, 0.2) is 5.78 Å². The molecule has 0 aromatic rings. The third-order valence-electron chi connectivity index (χ3n) is 4.91. The van der Waals surface area contributed by atoms with Gasteiger partial charge in [0, 0.05) is 12.5 Å². The molecular weight excluding hydrogens is 310 g/mol. The number of amides is 1. The topological polar surface area (TPSA) is 46.2 Å². The molecule has 1 atom stereocenters. The van der Waals surface area contributed by atoms with Gasteiger partial charge in [0.1, 0.15) is 0 Å². The Hall–Kier alpha value is -1.12. The molecule has 0 aromatic carbocycles. The molecule has 1 amide bonds. The predicted octanol–water partition coefficient (Wildman–Crippen LogP) is 5.98.